The van der Waals surface area contributed by atoms with Crippen molar-refractivity contribution in [1.82, 2.24) is 0 Å². The fourth-order valence-electron chi connectivity index (χ4n) is 0.311. The van der Waals surface area contributed by atoms with Gasteiger partial charge in [-0.15, -0.1) is 0 Å². The number of aliphatic hydroxyl groups excluding tert-OH is 1. The summed E-state index contributed by atoms with van der Waals surface area (Å²) in [7, 11) is 0. The highest BCUT2D eigenvalue weighted by Crippen LogP contribution is 2.02. The van der Waals surface area contributed by atoms with Crippen LogP contribution < -0.4 is 0 Å². The number of allylic oxidation sites excluding steroid dienone is 2. The third kappa shape index (κ3) is 2.59. The largest absolute Gasteiger partial charge is 0.392 e. The predicted octanol–water partition coefficient (Wildman–Crippen LogP) is 1.50. The average molecular weight is 112 g/mol. The van der Waals surface area contributed by atoms with Gasteiger partial charge in [-0.25, -0.2) is 0 Å². The van der Waals surface area contributed by atoms with Crippen LogP contribution in [0.1, 0.15) is 13.8 Å². The normalized spacial score (nSPS) is 11.6. The Hall–Kier alpha value is -0.560. The van der Waals surface area contributed by atoms with Crippen LogP contribution in [-0.2, 0) is 0 Å². The van der Waals surface area contributed by atoms with Crippen LogP contribution in [0.15, 0.2) is 23.8 Å². The van der Waals surface area contributed by atoms with Crippen molar-refractivity contribution < 1.29 is 5.11 Å². The zero-order valence-electron chi connectivity index (χ0n) is 5.44. The van der Waals surface area contributed by atoms with Crippen molar-refractivity contribution >= 4 is 0 Å². The molecule has 0 saturated carbocycles. The molecule has 0 aromatic carbocycles. The van der Waals surface area contributed by atoms with Crippen molar-refractivity contribution in [3.05, 3.63) is 23.8 Å². The molecule has 0 radical (unpaired) electrons. The SMILES string of the molecule is C=C(C)C(C)=CCO. The molecule has 0 bridgehead atoms. The lowest BCUT2D eigenvalue weighted by Crippen LogP contribution is -1.79. The van der Waals surface area contributed by atoms with E-state index in [4.69, 9.17) is 5.11 Å². The van der Waals surface area contributed by atoms with Crippen LogP contribution in [0.25, 0.3) is 0 Å². The molecule has 0 aliphatic rings. The van der Waals surface area contributed by atoms with Crippen molar-refractivity contribution in [3.63, 3.8) is 0 Å². The highest BCUT2D eigenvalue weighted by atomic mass is 16.2. The maximum atomic E-state index is 8.37. The maximum absolute atomic E-state index is 8.37. The Balaban J connectivity index is 3.80. The van der Waals surface area contributed by atoms with Crippen molar-refractivity contribution in [3.8, 4) is 0 Å². The second-order valence-corrected chi connectivity index (χ2v) is 1.85. The number of hydrogen-bond acceptors (Lipinski definition) is 1. The first-order valence-electron chi connectivity index (χ1n) is 2.62. The van der Waals surface area contributed by atoms with Crippen LogP contribution in [0.2, 0.25) is 0 Å². The van der Waals surface area contributed by atoms with E-state index in [2.05, 4.69) is 6.58 Å². The molecule has 0 aliphatic carbocycles. The smallest absolute Gasteiger partial charge is 0.0618 e. The van der Waals surface area contributed by atoms with Crippen molar-refractivity contribution in [2.24, 2.45) is 0 Å². The molecule has 0 heterocycles. The summed E-state index contributed by atoms with van der Waals surface area (Å²) in [4.78, 5) is 0. The standard InChI is InChI=1S/C7H12O/c1-6(2)7(3)4-5-8/h4,8H,1,5H2,2-3H3. The van der Waals surface area contributed by atoms with Crippen molar-refractivity contribution in [1.29, 1.82) is 0 Å². The van der Waals surface area contributed by atoms with Crippen LogP contribution >= 0.6 is 0 Å². The number of aliphatic hydroxyl groups is 1. The van der Waals surface area contributed by atoms with Gasteiger partial charge in [0.1, 0.15) is 0 Å². The van der Waals surface area contributed by atoms with E-state index >= 15 is 0 Å². The summed E-state index contributed by atoms with van der Waals surface area (Å²) in [6.07, 6.45) is 1.74. The molecular formula is C7H12O. The second-order valence-electron chi connectivity index (χ2n) is 1.85. The van der Waals surface area contributed by atoms with Gasteiger partial charge in [-0.2, -0.15) is 0 Å². The third-order valence-electron chi connectivity index (χ3n) is 1.07. The molecule has 46 valence electrons. The first kappa shape index (κ1) is 7.44. The molecular weight excluding hydrogens is 100 g/mol. The number of rotatable bonds is 2. The van der Waals surface area contributed by atoms with Gasteiger partial charge in [-0.05, 0) is 13.8 Å². The Morgan fingerprint density at radius 1 is 1.62 bits per heavy atom. The van der Waals surface area contributed by atoms with Crippen LogP contribution in [0.3, 0.4) is 0 Å². The summed E-state index contributed by atoms with van der Waals surface area (Å²) in [5, 5.41) is 8.37. The van der Waals surface area contributed by atoms with Gasteiger partial charge in [-0.1, -0.05) is 23.8 Å². The van der Waals surface area contributed by atoms with E-state index in [0.29, 0.717) is 0 Å². The molecule has 0 aromatic heterocycles. The van der Waals surface area contributed by atoms with Gasteiger partial charge in [0.05, 0.1) is 6.61 Å². The number of hydrogen-bond donors (Lipinski definition) is 1. The first-order valence-corrected chi connectivity index (χ1v) is 2.62. The molecule has 8 heavy (non-hydrogen) atoms. The average Bonchev–Trinajstić information content (AvgIpc) is 1.67. The molecule has 0 atom stereocenters. The van der Waals surface area contributed by atoms with Crippen molar-refractivity contribution in [2.75, 3.05) is 6.61 Å². The van der Waals surface area contributed by atoms with E-state index in [1.54, 1.807) is 6.08 Å². The summed E-state index contributed by atoms with van der Waals surface area (Å²) < 4.78 is 0. The summed E-state index contributed by atoms with van der Waals surface area (Å²) >= 11 is 0. The highest BCUT2D eigenvalue weighted by molar-refractivity contribution is 5.23. The zero-order chi connectivity index (χ0) is 6.57. The van der Waals surface area contributed by atoms with E-state index in [0.717, 1.165) is 11.1 Å². The molecule has 0 saturated heterocycles. The third-order valence-corrected chi connectivity index (χ3v) is 1.07. The molecule has 1 nitrogen and oxygen atoms in total. The monoisotopic (exact) mass is 112 g/mol. The summed E-state index contributed by atoms with van der Waals surface area (Å²) in [5.74, 6) is 0. The Bertz CT molecular complexity index is 112. The van der Waals surface area contributed by atoms with Gasteiger partial charge >= 0.3 is 0 Å². The van der Waals surface area contributed by atoms with E-state index in [1.165, 1.54) is 0 Å². The lowest BCUT2D eigenvalue weighted by Gasteiger charge is -1.94. The zero-order valence-corrected chi connectivity index (χ0v) is 5.44. The Morgan fingerprint density at radius 2 is 2.12 bits per heavy atom. The van der Waals surface area contributed by atoms with Gasteiger partial charge in [-0.3, -0.25) is 0 Å². The minimum absolute atomic E-state index is 0.110. The van der Waals surface area contributed by atoms with Gasteiger partial charge < -0.3 is 5.11 Å². The van der Waals surface area contributed by atoms with E-state index in [1.807, 2.05) is 13.8 Å². The molecule has 0 fully saturated rings. The molecule has 0 aliphatic heterocycles. The minimum Gasteiger partial charge on any atom is -0.392 e. The topological polar surface area (TPSA) is 20.2 Å². The lowest BCUT2D eigenvalue weighted by atomic mass is 10.1. The Labute approximate surface area is 50.3 Å². The van der Waals surface area contributed by atoms with Gasteiger partial charge in [0.25, 0.3) is 0 Å². The minimum atomic E-state index is 0.110. The van der Waals surface area contributed by atoms with E-state index in [-0.39, 0.29) is 6.61 Å². The van der Waals surface area contributed by atoms with Crippen molar-refractivity contribution in [2.45, 2.75) is 13.8 Å². The van der Waals surface area contributed by atoms with E-state index < -0.39 is 0 Å². The molecule has 1 N–H and O–H groups in total. The summed E-state index contributed by atoms with van der Waals surface area (Å²) in [5.41, 5.74) is 2.08. The van der Waals surface area contributed by atoms with Gasteiger partial charge in [0.2, 0.25) is 0 Å². The molecule has 0 unspecified atom stereocenters. The van der Waals surface area contributed by atoms with E-state index in [9.17, 15) is 0 Å². The van der Waals surface area contributed by atoms with Gasteiger partial charge in [0.15, 0.2) is 0 Å². The highest BCUT2D eigenvalue weighted by Gasteiger charge is 1.84. The molecule has 0 spiro atoms. The quantitative estimate of drug-likeness (QED) is 0.537. The molecule has 0 amide bonds. The van der Waals surface area contributed by atoms with Crippen LogP contribution in [0.4, 0.5) is 0 Å². The molecule has 0 aromatic rings. The lowest BCUT2D eigenvalue weighted by molar-refractivity contribution is 0.342. The summed E-state index contributed by atoms with van der Waals surface area (Å²) in [6.45, 7) is 7.65. The van der Waals surface area contributed by atoms with Gasteiger partial charge in [0, 0.05) is 0 Å². The summed E-state index contributed by atoms with van der Waals surface area (Å²) in [6, 6.07) is 0. The van der Waals surface area contributed by atoms with Crippen LogP contribution in [-0.4, -0.2) is 11.7 Å². The predicted molar refractivity (Wildman–Crippen MR) is 35.7 cm³/mol. The Kier molecular flexibility index (Phi) is 3.20. The maximum Gasteiger partial charge on any atom is 0.0618 e. The van der Waals surface area contributed by atoms with Crippen LogP contribution in [0.5, 0.6) is 0 Å². The molecule has 0 rings (SSSR count). The Morgan fingerprint density at radius 3 is 2.25 bits per heavy atom. The van der Waals surface area contributed by atoms with Crippen LogP contribution in [0, 0.1) is 0 Å². The fourth-order valence-corrected chi connectivity index (χ4v) is 0.311. The second kappa shape index (κ2) is 3.44. The fraction of sp³-hybridized carbons (Fsp3) is 0.429. The molecule has 1 heteroatoms. The first-order chi connectivity index (χ1) is 3.68.